The SMILES string of the molecule is CC1Cc2cc(S(N)(=O)=O)ccc2N1C(=O)CN(Cc1ccc(F)cc1)C1CCCCC1. The first kappa shape index (κ1) is 22.9. The number of fused-ring (bicyclic) bond motifs is 1. The van der Waals surface area contributed by atoms with E-state index >= 15 is 0 Å². The quantitative estimate of drug-likeness (QED) is 0.716. The van der Waals surface area contributed by atoms with Crippen LogP contribution in [0.1, 0.15) is 50.2 Å². The minimum absolute atomic E-state index is 0.00714. The first-order chi connectivity index (χ1) is 15.2. The topological polar surface area (TPSA) is 83.7 Å². The van der Waals surface area contributed by atoms with Crippen molar-refractivity contribution < 1.29 is 17.6 Å². The van der Waals surface area contributed by atoms with Crippen molar-refractivity contribution in [3.8, 4) is 0 Å². The lowest BCUT2D eigenvalue weighted by molar-refractivity contribution is -0.121. The van der Waals surface area contributed by atoms with Crippen LogP contribution in [-0.4, -0.2) is 37.9 Å². The predicted molar refractivity (Wildman–Crippen MR) is 122 cm³/mol. The maximum absolute atomic E-state index is 13.5. The van der Waals surface area contributed by atoms with E-state index in [2.05, 4.69) is 4.90 Å². The Hall–Kier alpha value is -2.29. The van der Waals surface area contributed by atoms with Gasteiger partial charge in [0.2, 0.25) is 15.9 Å². The van der Waals surface area contributed by atoms with Gasteiger partial charge in [-0.15, -0.1) is 0 Å². The van der Waals surface area contributed by atoms with Crippen LogP contribution < -0.4 is 10.0 Å². The van der Waals surface area contributed by atoms with Gasteiger partial charge in [0.15, 0.2) is 0 Å². The van der Waals surface area contributed by atoms with Gasteiger partial charge >= 0.3 is 0 Å². The number of halogens is 1. The van der Waals surface area contributed by atoms with Crippen LogP contribution in [0, 0.1) is 5.82 Å². The van der Waals surface area contributed by atoms with Gasteiger partial charge < -0.3 is 4.90 Å². The molecule has 0 saturated heterocycles. The van der Waals surface area contributed by atoms with Crippen LogP contribution in [0.4, 0.5) is 10.1 Å². The molecule has 2 aliphatic rings. The highest BCUT2D eigenvalue weighted by Gasteiger charge is 2.34. The minimum atomic E-state index is -3.79. The van der Waals surface area contributed by atoms with E-state index in [1.165, 1.54) is 24.6 Å². The Bertz CT molecular complexity index is 1080. The molecule has 0 bridgehead atoms. The van der Waals surface area contributed by atoms with Crippen molar-refractivity contribution in [3.05, 3.63) is 59.4 Å². The molecule has 1 amide bonds. The lowest BCUT2D eigenvalue weighted by Crippen LogP contribution is -2.46. The summed E-state index contributed by atoms with van der Waals surface area (Å²) in [6, 6.07) is 11.4. The van der Waals surface area contributed by atoms with Gasteiger partial charge in [-0.1, -0.05) is 31.4 Å². The highest BCUT2D eigenvalue weighted by atomic mass is 32.2. The summed E-state index contributed by atoms with van der Waals surface area (Å²) in [6.45, 7) is 2.83. The number of sulfonamides is 1. The second-order valence-corrected chi connectivity index (χ2v) is 10.5. The normalized spacial score (nSPS) is 19.4. The van der Waals surface area contributed by atoms with Crippen molar-refractivity contribution in [3.63, 3.8) is 0 Å². The second-order valence-electron chi connectivity index (χ2n) is 8.98. The Morgan fingerprint density at radius 3 is 2.47 bits per heavy atom. The molecule has 1 saturated carbocycles. The second kappa shape index (κ2) is 9.29. The van der Waals surface area contributed by atoms with Crippen LogP contribution in [0.25, 0.3) is 0 Å². The third-order valence-electron chi connectivity index (χ3n) is 6.59. The fourth-order valence-corrected chi connectivity index (χ4v) is 5.56. The van der Waals surface area contributed by atoms with Crippen LogP contribution >= 0.6 is 0 Å². The Labute approximate surface area is 189 Å². The number of carbonyl (C=O) groups excluding carboxylic acids is 1. The summed E-state index contributed by atoms with van der Waals surface area (Å²) in [5.41, 5.74) is 2.55. The van der Waals surface area contributed by atoms with E-state index in [1.54, 1.807) is 29.2 Å². The molecule has 2 aromatic rings. The van der Waals surface area contributed by atoms with Gasteiger partial charge in [-0.05, 0) is 67.6 Å². The molecular formula is C24H30FN3O3S. The zero-order valence-corrected chi connectivity index (χ0v) is 19.2. The molecule has 1 heterocycles. The van der Waals surface area contributed by atoms with Crippen LogP contribution in [0.5, 0.6) is 0 Å². The number of primary sulfonamides is 1. The number of hydrogen-bond acceptors (Lipinski definition) is 4. The molecule has 1 aliphatic heterocycles. The Kier molecular flexibility index (Phi) is 6.65. The van der Waals surface area contributed by atoms with E-state index in [0.717, 1.165) is 42.5 Å². The number of amides is 1. The number of anilines is 1. The number of hydrogen-bond donors (Lipinski definition) is 1. The minimum Gasteiger partial charge on any atom is -0.308 e. The van der Waals surface area contributed by atoms with E-state index in [-0.39, 0.29) is 29.2 Å². The van der Waals surface area contributed by atoms with Gasteiger partial charge in [-0.2, -0.15) is 0 Å². The van der Waals surface area contributed by atoms with Crippen molar-refractivity contribution >= 4 is 21.6 Å². The number of nitrogens with zero attached hydrogens (tertiary/aromatic N) is 2. The Morgan fingerprint density at radius 1 is 1.12 bits per heavy atom. The van der Waals surface area contributed by atoms with Crippen molar-refractivity contribution in [2.45, 2.75) is 69.0 Å². The maximum Gasteiger partial charge on any atom is 0.241 e. The highest BCUT2D eigenvalue weighted by Crippen LogP contribution is 2.34. The van der Waals surface area contributed by atoms with E-state index in [0.29, 0.717) is 19.0 Å². The highest BCUT2D eigenvalue weighted by molar-refractivity contribution is 7.89. The van der Waals surface area contributed by atoms with Gasteiger partial charge in [-0.25, -0.2) is 17.9 Å². The smallest absolute Gasteiger partial charge is 0.241 e. The monoisotopic (exact) mass is 459 g/mol. The standard InChI is InChI=1S/C24H30FN3O3S/c1-17-13-19-14-22(32(26,30)31)11-12-23(19)28(17)24(29)16-27(21-5-3-2-4-6-21)15-18-7-9-20(25)10-8-18/h7-12,14,17,21H,2-6,13,15-16H2,1H3,(H2,26,30,31). The molecule has 4 rings (SSSR count). The largest absolute Gasteiger partial charge is 0.308 e. The summed E-state index contributed by atoms with van der Waals surface area (Å²) in [5, 5.41) is 5.27. The number of benzene rings is 2. The molecule has 2 aromatic carbocycles. The molecule has 1 atom stereocenters. The van der Waals surface area contributed by atoms with Crippen LogP contribution in [0.3, 0.4) is 0 Å². The third-order valence-corrected chi connectivity index (χ3v) is 7.50. The molecule has 2 N–H and O–H groups in total. The Balaban J connectivity index is 1.56. The maximum atomic E-state index is 13.5. The van der Waals surface area contributed by atoms with E-state index in [9.17, 15) is 17.6 Å². The molecule has 8 heteroatoms. The van der Waals surface area contributed by atoms with Gasteiger partial charge in [0.1, 0.15) is 5.82 Å². The molecule has 6 nitrogen and oxygen atoms in total. The first-order valence-electron chi connectivity index (χ1n) is 11.2. The van der Waals surface area contributed by atoms with Crippen LogP contribution in [-0.2, 0) is 27.8 Å². The van der Waals surface area contributed by atoms with Crippen molar-refractivity contribution in [2.24, 2.45) is 5.14 Å². The summed E-state index contributed by atoms with van der Waals surface area (Å²) in [7, 11) is -3.79. The lowest BCUT2D eigenvalue weighted by Gasteiger charge is -2.35. The van der Waals surface area contributed by atoms with Gasteiger partial charge in [0.05, 0.1) is 11.4 Å². The molecule has 32 heavy (non-hydrogen) atoms. The zero-order chi connectivity index (χ0) is 22.9. The molecule has 0 spiro atoms. The average molecular weight is 460 g/mol. The fraction of sp³-hybridized carbons (Fsp3) is 0.458. The summed E-state index contributed by atoms with van der Waals surface area (Å²) in [6.07, 6.45) is 6.22. The fourth-order valence-electron chi connectivity index (χ4n) is 5.00. The molecule has 0 radical (unpaired) electrons. The molecular weight excluding hydrogens is 429 g/mol. The molecule has 0 aromatic heterocycles. The number of nitrogens with two attached hydrogens (primary N) is 1. The van der Waals surface area contributed by atoms with Crippen molar-refractivity contribution in [2.75, 3.05) is 11.4 Å². The summed E-state index contributed by atoms with van der Waals surface area (Å²) >= 11 is 0. The lowest BCUT2D eigenvalue weighted by atomic mass is 9.93. The molecule has 172 valence electrons. The van der Waals surface area contributed by atoms with Gasteiger partial charge in [0, 0.05) is 24.3 Å². The number of carbonyl (C=O) groups is 1. The van der Waals surface area contributed by atoms with Crippen LogP contribution in [0.2, 0.25) is 0 Å². The van der Waals surface area contributed by atoms with Gasteiger partial charge in [-0.3, -0.25) is 9.69 Å². The average Bonchev–Trinajstić information content (AvgIpc) is 3.09. The molecule has 1 fully saturated rings. The van der Waals surface area contributed by atoms with Gasteiger partial charge in [0.25, 0.3) is 0 Å². The summed E-state index contributed by atoms with van der Waals surface area (Å²) < 4.78 is 36.8. The number of rotatable bonds is 6. The molecule has 1 unspecified atom stereocenters. The third kappa shape index (κ3) is 5.03. The Morgan fingerprint density at radius 2 is 1.81 bits per heavy atom. The van der Waals surface area contributed by atoms with Crippen molar-refractivity contribution in [1.82, 2.24) is 4.90 Å². The predicted octanol–water partition coefficient (Wildman–Crippen LogP) is 3.59. The van der Waals surface area contributed by atoms with E-state index in [4.69, 9.17) is 5.14 Å². The summed E-state index contributed by atoms with van der Waals surface area (Å²) in [5.74, 6) is -0.275. The van der Waals surface area contributed by atoms with Crippen LogP contribution in [0.15, 0.2) is 47.4 Å². The summed E-state index contributed by atoms with van der Waals surface area (Å²) in [4.78, 5) is 17.5. The van der Waals surface area contributed by atoms with E-state index < -0.39 is 10.0 Å². The van der Waals surface area contributed by atoms with E-state index in [1.807, 2.05) is 6.92 Å². The molecule has 1 aliphatic carbocycles. The first-order valence-corrected chi connectivity index (χ1v) is 12.7. The zero-order valence-electron chi connectivity index (χ0n) is 18.3. The van der Waals surface area contributed by atoms with Crippen molar-refractivity contribution in [1.29, 1.82) is 0 Å².